The molecule has 0 atom stereocenters. The second-order valence-corrected chi connectivity index (χ2v) is 8.39. The van der Waals surface area contributed by atoms with Crippen molar-refractivity contribution >= 4 is 49.8 Å². The van der Waals surface area contributed by atoms with Crippen molar-refractivity contribution in [1.82, 2.24) is 9.55 Å². The second kappa shape index (κ2) is 8.77. The minimum absolute atomic E-state index is 0.282. The maximum absolute atomic E-state index is 6.15. The van der Waals surface area contributed by atoms with Crippen LogP contribution in [-0.2, 0) is 6.54 Å². The molecule has 0 amide bonds. The van der Waals surface area contributed by atoms with Crippen molar-refractivity contribution in [2.45, 2.75) is 6.54 Å². The fraction of sp³-hybridized carbons (Fsp3) is 0.0385. The van der Waals surface area contributed by atoms with Gasteiger partial charge >= 0.3 is 0 Å². The van der Waals surface area contributed by atoms with Crippen LogP contribution in [-0.4, -0.2) is 21.6 Å². The van der Waals surface area contributed by atoms with Gasteiger partial charge in [0, 0.05) is 39.1 Å². The van der Waals surface area contributed by atoms with Crippen LogP contribution in [0.5, 0.6) is 0 Å². The van der Waals surface area contributed by atoms with Crippen molar-refractivity contribution in [3.63, 3.8) is 0 Å². The van der Waals surface area contributed by atoms with E-state index in [1.54, 1.807) is 6.21 Å². The van der Waals surface area contributed by atoms with E-state index in [-0.39, 0.29) is 5.84 Å². The summed E-state index contributed by atoms with van der Waals surface area (Å²) in [4.78, 5) is 4.57. The number of hydrogen-bond donors (Lipinski definition) is 1. The van der Waals surface area contributed by atoms with Gasteiger partial charge in [-0.1, -0.05) is 70.5 Å². The molecule has 2 heterocycles. The normalized spacial score (nSPS) is 12.2. The van der Waals surface area contributed by atoms with Gasteiger partial charge in [-0.05, 0) is 35.9 Å². The third kappa shape index (κ3) is 4.18. The zero-order chi connectivity index (χ0) is 21.9. The molecule has 0 saturated carbocycles. The van der Waals surface area contributed by atoms with Crippen LogP contribution in [0.25, 0.3) is 21.8 Å². The number of para-hydroxylation sites is 2. The zero-order valence-corrected chi connectivity index (χ0v) is 18.8. The van der Waals surface area contributed by atoms with Crippen molar-refractivity contribution in [3.8, 4) is 0 Å². The van der Waals surface area contributed by atoms with Crippen LogP contribution in [0.2, 0.25) is 0 Å². The number of nitrogens with zero attached hydrogens (tertiary/aromatic N) is 4. The highest BCUT2D eigenvalue weighted by Crippen LogP contribution is 2.22. The monoisotopic (exact) mass is 481 g/mol. The van der Waals surface area contributed by atoms with E-state index in [0.29, 0.717) is 5.69 Å². The number of aromatic nitrogens is 2. The third-order valence-corrected chi connectivity index (χ3v) is 5.78. The number of halogens is 1. The van der Waals surface area contributed by atoms with Crippen LogP contribution in [0.4, 0.5) is 0 Å². The minimum Gasteiger partial charge on any atom is -0.380 e. The summed E-state index contributed by atoms with van der Waals surface area (Å²) in [6, 6.07) is 28.4. The molecular weight excluding hydrogens is 462 g/mol. The molecule has 0 aliphatic heterocycles. The summed E-state index contributed by atoms with van der Waals surface area (Å²) in [5.74, 6) is 0.282. The maximum Gasteiger partial charge on any atom is 0.172 e. The molecule has 0 saturated heterocycles. The van der Waals surface area contributed by atoms with Crippen molar-refractivity contribution in [2.75, 3.05) is 0 Å². The Morgan fingerprint density at radius 1 is 0.969 bits per heavy atom. The van der Waals surface area contributed by atoms with E-state index in [4.69, 9.17) is 5.73 Å². The summed E-state index contributed by atoms with van der Waals surface area (Å²) < 4.78 is 3.29. The van der Waals surface area contributed by atoms with E-state index in [9.17, 15) is 0 Å². The molecular formula is C26H20BrN5. The summed E-state index contributed by atoms with van der Waals surface area (Å²) in [6.45, 7) is 0.764. The fourth-order valence-electron chi connectivity index (χ4n) is 3.75. The largest absolute Gasteiger partial charge is 0.380 e. The third-order valence-electron chi connectivity index (χ3n) is 5.28. The first-order valence-corrected chi connectivity index (χ1v) is 11.0. The summed E-state index contributed by atoms with van der Waals surface area (Å²) in [5, 5.41) is 10.6. The molecule has 6 heteroatoms. The smallest absolute Gasteiger partial charge is 0.172 e. The minimum atomic E-state index is 0.282. The van der Waals surface area contributed by atoms with Crippen molar-refractivity contribution in [2.24, 2.45) is 15.9 Å². The number of amidine groups is 1. The second-order valence-electron chi connectivity index (χ2n) is 7.48. The highest BCUT2D eigenvalue weighted by atomic mass is 79.9. The molecule has 0 spiro atoms. The molecule has 5 nitrogen and oxygen atoms in total. The highest BCUT2D eigenvalue weighted by molar-refractivity contribution is 9.10. The summed E-state index contributed by atoms with van der Waals surface area (Å²) in [5.41, 5.74) is 11.0. The van der Waals surface area contributed by atoms with Crippen LogP contribution >= 0.6 is 15.9 Å². The van der Waals surface area contributed by atoms with Gasteiger partial charge in [0.2, 0.25) is 0 Å². The van der Waals surface area contributed by atoms with Crippen molar-refractivity contribution < 1.29 is 0 Å². The van der Waals surface area contributed by atoms with Crippen LogP contribution in [0.1, 0.15) is 16.8 Å². The number of benzene rings is 3. The van der Waals surface area contributed by atoms with E-state index < -0.39 is 0 Å². The SMILES string of the molecule is N/C(=N\N=C\c1cn(Cc2cccc(Br)c2)c2ccccc12)c1ccc2ccccc2n1. The summed E-state index contributed by atoms with van der Waals surface area (Å²) >= 11 is 3.55. The molecule has 2 aromatic heterocycles. The average Bonchev–Trinajstić information content (AvgIpc) is 3.16. The summed E-state index contributed by atoms with van der Waals surface area (Å²) in [7, 11) is 0. The van der Waals surface area contributed by atoms with Crippen LogP contribution in [0, 0.1) is 0 Å². The Kier molecular flexibility index (Phi) is 5.52. The molecule has 3 aromatic carbocycles. The lowest BCUT2D eigenvalue weighted by Gasteiger charge is -2.06. The summed E-state index contributed by atoms with van der Waals surface area (Å²) in [6.07, 6.45) is 3.84. The Morgan fingerprint density at radius 2 is 1.81 bits per heavy atom. The number of nitrogens with two attached hydrogens (primary N) is 1. The molecule has 2 N–H and O–H groups in total. The Morgan fingerprint density at radius 3 is 2.72 bits per heavy atom. The lowest BCUT2D eigenvalue weighted by molar-refractivity contribution is 0.836. The van der Waals surface area contributed by atoms with E-state index in [2.05, 4.69) is 66.1 Å². The van der Waals surface area contributed by atoms with Gasteiger partial charge in [-0.3, -0.25) is 0 Å². The van der Waals surface area contributed by atoms with Gasteiger partial charge in [0.15, 0.2) is 5.84 Å². The van der Waals surface area contributed by atoms with E-state index in [0.717, 1.165) is 38.4 Å². The van der Waals surface area contributed by atoms with Crippen LogP contribution in [0.3, 0.4) is 0 Å². The van der Waals surface area contributed by atoms with Crippen molar-refractivity contribution in [1.29, 1.82) is 0 Å². The predicted molar refractivity (Wildman–Crippen MR) is 135 cm³/mol. The first kappa shape index (κ1) is 20.2. The lowest BCUT2D eigenvalue weighted by atomic mass is 10.2. The molecule has 0 aliphatic rings. The molecule has 5 rings (SSSR count). The van der Waals surface area contributed by atoms with Gasteiger partial charge in [-0.25, -0.2) is 4.98 Å². The molecule has 0 bridgehead atoms. The lowest BCUT2D eigenvalue weighted by Crippen LogP contribution is -2.14. The van der Waals surface area contributed by atoms with Crippen LogP contribution in [0.15, 0.2) is 106 Å². The van der Waals surface area contributed by atoms with Gasteiger partial charge in [-0.15, -0.1) is 5.10 Å². The zero-order valence-electron chi connectivity index (χ0n) is 17.2. The van der Waals surface area contributed by atoms with E-state index >= 15 is 0 Å². The molecule has 32 heavy (non-hydrogen) atoms. The van der Waals surface area contributed by atoms with Gasteiger partial charge < -0.3 is 10.3 Å². The van der Waals surface area contributed by atoms with Gasteiger partial charge in [-0.2, -0.15) is 5.10 Å². The first-order chi connectivity index (χ1) is 15.7. The number of rotatable bonds is 5. The molecule has 5 aromatic rings. The van der Waals surface area contributed by atoms with E-state index in [1.165, 1.54) is 5.56 Å². The quantitative estimate of drug-likeness (QED) is 0.197. The van der Waals surface area contributed by atoms with Crippen molar-refractivity contribution in [3.05, 3.63) is 112 Å². The Bertz CT molecular complexity index is 1480. The maximum atomic E-state index is 6.15. The first-order valence-electron chi connectivity index (χ1n) is 10.2. The number of fused-ring (bicyclic) bond motifs is 2. The van der Waals surface area contributed by atoms with Gasteiger partial charge in [0.25, 0.3) is 0 Å². The molecule has 0 fully saturated rings. The Labute approximate surface area is 194 Å². The topological polar surface area (TPSA) is 68.6 Å². The Balaban J connectivity index is 1.44. The number of hydrogen-bond acceptors (Lipinski definition) is 3. The molecule has 0 unspecified atom stereocenters. The molecule has 0 aliphatic carbocycles. The fourth-order valence-corrected chi connectivity index (χ4v) is 4.20. The van der Waals surface area contributed by atoms with Gasteiger partial charge in [0.1, 0.15) is 5.69 Å². The van der Waals surface area contributed by atoms with Crippen LogP contribution < -0.4 is 5.73 Å². The van der Waals surface area contributed by atoms with Gasteiger partial charge in [0.05, 0.1) is 11.7 Å². The molecule has 0 radical (unpaired) electrons. The standard InChI is InChI=1S/C26H20BrN5/c27-21-8-5-6-18(14-21)16-32-17-20(22-9-2-4-11-25(22)32)15-29-31-26(28)24-13-12-19-7-1-3-10-23(19)30-24/h1-15,17H,16H2,(H2,28,31)/b29-15+. The average molecular weight is 482 g/mol. The molecule has 156 valence electrons. The number of pyridine rings is 1. The highest BCUT2D eigenvalue weighted by Gasteiger charge is 2.08. The van der Waals surface area contributed by atoms with E-state index in [1.807, 2.05) is 60.7 Å². The predicted octanol–water partition coefficient (Wildman–Crippen LogP) is 5.74. The Hall–Kier alpha value is -3.77.